The number of thioether (sulfide) groups is 1. The van der Waals surface area contributed by atoms with Gasteiger partial charge in [0.25, 0.3) is 0 Å². The lowest BCUT2D eigenvalue weighted by atomic mass is 10.3. The third kappa shape index (κ3) is 4.12. The van der Waals surface area contributed by atoms with E-state index in [2.05, 4.69) is 30.0 Å². The zero-order valence-corrected chi connectivity index (χ0v) is 14.8. The van der Waals surface area contributed by atoms with Gasteiger partial charge >= 0.3 is 0 Å². The Morgan fingerprint density at radius 3 is 2.67 bits per heavy atom. The number of nitrogens with zero attached hydrogens (tertiary/aromatic N) is 8. The molecule has 2 aromatic rings. The molecule has 1 aliphatic heterocycles. The summed E-state index contributed by atoms with van der Waals surface area (Å²) >= 11 is 1.38. The molecule has 1 amide bonds. The van der Waals surface area contributed by atoms with Crippen molar-refractivity contribution in [2.45, 2.75) is 18.6 Å². The summed E-state index contributed by atoms with van der Waals surface area (Å²) in [7, 11) is 1.77. The minimum atomic E-state index is 0.146. The van der Waals surface area contributed by atoms with Crippen molar-refractivity contribution >= 4 is 17.7 Å². The van der Waals surface area contributed by atoms with Crippen molar-refractivity contribution in [3.8, 4) is 0 Å². The molecule has 0 aromatic carbocycles. The number of aryl methyl sites for hydroxylation is 2. The first kappa shape index (κ1) is 16.9. The maximum atomic E-state index is 12.3. The normalized spacial score (nSPS) is 15.8. The topological polar surface area (TPSA) is 85.0 Å². The van der Waals surface area contributed by atoms with Gasteiger partial charge in [-0.25, -0.2) is 9.67 Å². The van der Waals surface area contributed by atoms with Crippen molar-refractivity contribution < 1.29 is 4.79 Å². The van der Waals surface area contributed by atoms with Gasteiger partial charge in [0.15, 0.2) is 0 Å². The van der Waals surface area contributed by atoms with Gasteiger partial charge in [-0.15, -0.1) is 5.10 Å². The standard InChI is InChI=1S/C14H22N8OS/c1-12-15-3-4-21(12)8-5-20-6-9-22(10-7-20)13(23)11-24-14-16-17-18-19(14)2/h3-4H,5-11H2,1-2H3. The maximum Gasteiger partial charge on any atom is 0.233 e. The van der Waals surface area contributed by atoms with Crippen molar-refractivity contribution in [2.24, 2.45) is 7.05 Å². The molecule has 0 saturated carbocycles. The number of amides is 1. The third-order valence-electron chi connectivity index (χ3n) is 4.21. The van der Waals surface area contributed by atoms with Gasteiger partial charge in [0.05, 0.1) is 5.75 Å². The summed E-state index contributed by atoms with van der Waals surface area (Å²) < 4.78 is 3.73. The van der Waals surface area contributed by atoms with Crippen LogP contribution in [-0.2, 0) is 18.4 Å². The maximum absolute atomic E-state index is 12.3. The van der Waals surface area contributed by atoms with E-state index in [1.54, 1.807) is 11.7 Å². The molecule has 24 heavy (non-hydrogen) atoms. The summed E-state index contributed by atoms with van der Waals surface area (Å²) in [5.74, 6) is 1.56. The van der Waals surface area contributed by atoms with Crippen LogP contribution in [0.5, 0.6) is 0 Å². The molecular weight excluding hydrogens is 328 g/mol. The van der Waals surface area contributed by atoms with E-state index < -0.39 is 0 Å². The van der Waals surface area contributed by atoms with Gasteiger partial charge in [-0.1, -0.05) is 11.8 Å². The number of imidazole rings is 1. The lowest BCUT2D eigenvalue weighted by Crippen LogP contribution is -2.49. The monoisotopic (exact) mass is 350 g/mol. The molecular formula is C14H22N8OS. The zero-order valence-electron chi connectivity index (χ0n) is 14.0. The first-order valence-corrected chi connectivity index (χ1v) is 8.95. The average molecular weight is 350 g/mol. The smallest absolute Gasteiger partial charge is 0.233 e. The molecule has 3 heterocycles. The minimum absolute atomic E-state index is 0.146. The Morgan fingerprint density at radius 2 is 2.04 bits per heavy atom. The fourth-order valence-electron chi connectivity index (χ4n) is 2.67. The Bertz CT molecular complexity index is 676. The van der Waals surface area contributed by atoms with Gasteiger partial charge < -0.3 is 9.47 Å². The minimum Gasteiger partial charge on any atom is -0.339 e. The quantitative estimate of drug-likeness (QED) is 0.658. The highest BCUT2D eigenvalue weighted by Crippen LogP contribution is 2.14. The van der Waals surface area contributed by atoms with Crippen molar-refractivity contribution in [1.29, 1.82) is 0 Å². The van der Waals surface area contributed by atoms with E-state index in [1.165, 1.54) is 11.8 Å². The fourth-order valence-corrected chi connectivity index (χ4v) is 3.42. The zero-order chi connectivity index (χ0) is 16.9. The van der Waals surface area contributed by atoms with Crippen LogP contribution in [0.1, 0.15) is 5.82 Å². The molecule has 0 unspecified atom stereocenters. The fraction of sp³-hybridized carbons (Fsp3) is 0.643. The molecule has 0 N–H and O–H groups in total. The molecule has 10 heteroatoms. The van der Waals surface area contributed by atoms with Crippen molar-refractivity contribution in [3.05, 3.63) is 18.2 Å². The highest BCUT2D eigenvalue weighted by Gasteiger charge is 2.21. The van der Waals surface area contributed by atoms with Crippen molar-refractivity contribution in [2.75, 3.05) is 38.5 Å². The van der Waals surface area contributed by atoms with E-state index in [9.17, 15) is 4.79 Å². The van der Waals surface area contributed by atoms with Crippen LogP contribution in [0.3, 0.4) is 0 Å². The Morgan fingerprint density at radius 1 is 1.25 bits per heavy atom. The summed E-state index contributed by atoms with van der Waals surface area (Å²) in [5.41, 5.74) is 0. The SMILES string of the molecule is Cc1nccn1CCN1CCN(C(=O)CSc2nnnn2C)CC1. The van der Waals surface area contributed by atoms with Crippen LogP contribution >= 0.6 is 11.8 Å². The number of rotatable bonds is 6. The molecule has 1 saturated heterocycles. The number of carbonyl (C=O) groups excluding carboxylic acids is 1. The van der Waals surface area contributed by atoms with Crippen molar-refractivity contribution in [1.82, 2.24) is 39.6 Å². The molecule has 0 radical (unpaired) electrons. The average Bonchev–Trinajstić information content (AvgIpc) is 3.19. The summed E-state index contributed by atoms with van der Waals surface area (Å²) in [6.45, 7) is 7.32. The molecule has 1 fully saturated rings. The van der Waals surface area contributed by atoms with Gasteiger partial charge in [-0.3, -0.25) is 9.69 Å². The highest BCUT2D eigenvalue weighted by molar-refractivity contribution is 7.99. The lowest BCUT2D eigenvalue weighted by molar-refractivity contribution is -0.130. The Hall–Kier alpha value is -1.94. The van der Waals surface area contributed by atoms with Gasteiger partial charge in [0.1, 0.15) is 5.82 Å². The number of hydrogen-bond acceptors (Lipinski definition) is 7. The molecule has 0 aliphatic carbocycles. The van der Waals surface area contributed by atoms with E-state index in [-0.39, 0.29) is 5.91 Å². The second kappa shape index (κ2) is 7.75. The van der Waals surface area contributed by atoms with Crippen molar-refractivity contribution in [3.63, 3.8) is 0 Å². The number of aromatic nitrogens is 6. The summed E-state index contributed by atoms with van der Waals surface area (Å²) in [6, 6.07) is 0. The van der Waals surface area contributed by atoms with E-state index in [1.807, 2.05) is 24.2 Å². The number of carbonyl (C=O) groups is 1. The van der Waals surface area contributed by atoms with Crippen LogP contribution in [0.25, 0.3) is 0 Å². The Balaban J connectivity index is 1.39. The van der Waals surface area contributed by atoms with E-state index in [0.29, 0.717) is 10.9 Å². The van der Waals surface area contributed by atoms with Crippen LogP contribution in [-0.4, -0.2) is 83.9 Å². The van der Waals surface area contributed by atoms with Crippen LogP contribution < -0.4 is 0 Å². The molecule has 0 spiro atoms. The van der Waals surface area contributed by atoms with Crippen LogP contribution in [0.4, 0.5) is 0 Å². The van der Waals surface area contributed by atoms with E-state index >= 15 is 0 Å². The van der Waals surface area contributed by atoms with E-state index in [0.717, 1.165) is 45.1 Å². The molecule has 0 atom stereocenters. The number of hydrogen-bond donors (Lipinski definition) is 0. The predicted octanol–water partition coefficient (Wildman–Crippen LogP) is -0.348. The molecule has 2 aromatic heterocycles. The highest BCUT2D eigenvalue weighted by atomic mass is 32.2. The molecule has 130 valence electrons. The second-order valence-electron chi connectivity index (χ2n) is 5.76. The summed E-state index contributed by atoms with van der Waals surface area (Å²) in [5, 5.41) is 11.9. The number of tetrazole rings is 1. The Kier molecular flexibility index (Phi) is 5.46. The lowest BCUT2D eigenvalue weighted by Gasteiger charge is -2.34. The van der Waals surface area contributed by atoms with Crippen LogP contribution in [0.15, 0.2) is 17.6 Å². The largest absolute Gasteiger partial charge is 0.339 e. The van der Waals surface area contributed by atoms with Gasteiger partial charge in [0.2, 0.25) is 11.1 Å². The van der Waals surface area contributed by atoms with Gasteiger partial charge in [0, 0.05) is 58.7 Å². The first-order chi connectivity index (χ1) is 11.6. The predicted molar refractivity (Wildman–Crippen MR) is 89.5 cm³/mol. The Labute approximate surface area is 145 Å². The van der Waals surface area contributed by atoms with Gasteiger partial charge in [-0.05, 0) is 17.4 Å². The molecule has 9 nitrogen and oxygen atoms in total. The van der Waals surface area contributed by atoms with Crippen LogP contribution in [0, 0.1) is 6.92 Å². The second-order valence-corrected chi connectivity index (χ2v) is 6.71. The van der Waals surface area contributed by atoms with Crippen LogP contribution in [0.2, 0.25) is 0 Å². The van der Waals surface area contributed by atoms with E-state index in [4.69, 9.17) is 0 Å². The molecule has 0 bridgehead atoms. The van der Waals surface area contributed by atoms with Gasteiger partial charge in [-0.2, -0.15) is 0 Å². The molecule has 3 rings (SSSR count). The molecule has 1 aliphatic rings. The number of piperazine rings is 1. The summed E-state index contributed by atoms with van der Waals surface area (Å²) in [4.78, 5) is 20.9. The summed E-state index contributed by atoms with van der Waals surface area (Å²) in [6.07, 6.45) is 3.84. The third-order valence-corrected chi connectivity index (χ3v) is 5.21. The first-order valence-electron chi connectivity index (χ1n) is 7.96.